The maximum absolute atomic E-state index is 13.0. The number of aromatic nitrogens is 1. The number of hydrogen-bond donors (Lipinski definition) is 1. The Kier molecular flexibility index (Phi) is 6.97. The summed E-state index contributed by atoms with van der Waals surface area (Å²) in [6.07, 6.45) is 4.19. The van der Waals surface area contributed by atoms with Crippen LogP contribution in [0.3, 0.4) is 0 Å². The lowest BCUT2D eigenvalue weighted by Gasteiger charge is -2.26. The summed E-state index contributed by atoms with van der Waals surface area (Å²) in [7, 11) is 1.51. The molecule has 0 radical (unpaired) electrons. The van der Waals surface area contributed by atoms with Gasteiger partial charge >= 0.3 is 6.03 Å². The Labute approximate surface area is 165 Å². The van der Waals surface area contributed by atoms with Crippen LogP contribution in [-0.2, 0) is 9.53 Å². The van der Waals surface area contributed by atoms with E-state index < -0.39 is 0 Å². The van der Waals surface area contributed by atoms with Crippen molar-refractivity contribution < 1.29 is 14.3 Å². The lowest BCUT2D eigenvalue weighted by Crippen LogP contribution is -2.44. The summed E-state index contributed by atoms with van der Waals surface area (Å²) >= 11 is 0. The van der Waals surface area contributed by atoms with Crippen molar-refractivity contribution in [2.24, 2.45) is 0 Å². The second-order valence-corrected chi connectivity index (χ2v) is 6.73. The molecule has 0 spiro atoms. The van der Waals surface area contributed by atoms with Crippen LogP contribution in [0.15, 0.2) is 54.9 Å². The van der Waals surface area contributed by atoms with Crippen LogP contribution >= 0.6 is 0 Å². The Hall–Kier alpha value is -2.93. The van der Waals surface area contributed by atoms with Crippen LogP contribution in [0, 0.1) is 0 Å². The van der Waals surface area contributed by atoms with E-state index in [4.69, 9.17) is 4.74 Å². The lowest BCUT2D eigenvalue weighted by molar-refractivity contribution is -0.135. The number of carbonyl (C=O) groups excluding carboxylic acids is 2. The van der Waals surface area contributed by atoms with Gasteiger partial charge in [0.2, 0.25) is 5.91 Å². The highest BCUT2D eigenvalue weighted by atomic mass is 16.5. The predicted molar refractivity (Wildman–Crippen MR) is 106 cm³/mol. The Bertz CT molecular complexity index is 730. The molecule has 0 unspecified atom stereocenters. The van der Waals surface area contributed by atoms with Gasteiger partial charge in [0.1, 0.15) is 6.61 Å². The molecule has 1 saturated heterocycles. The summed E-state index contributed by atoms with van der Waals surface area (Å²) < 4.78 is 4.93. The van der Waals surface area contributed by atoms with Crippen LogP contribution in [0.1, 0.15) is 23.6 Å². The van der Waals surface area contributed by atoms with Gasteiger partial charge in [-0.3, -0.25) is 9.78 Å². The standard InChI is InChI=1S/C21H26N4O3/c1-28-16-19(26)24-12-5-13-25(15-14-24)21(27)23-20(17-6-3-2-4-7-17)18-8-10-22-11-9-18/h2-4,6-11,20H,5,12-16H2,1H3,(H,23,27)/t20-/m1/s1. The highest BCUT2D eigenvalue weighted by Gasteiger charge is 2.24. The minimum Gasteiger partial charge on any atom is -0.375 e. The molecule has 0 aliphatic carbocycles. The summed E-state index contributed by atoms with van der Waals surface area (Å²) in [6.45, 7) is 2.34. The molecule has 0 bridgehead atoms. The molecule has 3 rings (SSSR count). The second kappa shape index (κ2) is 9.85. The van der Waals surface area contributed by atoms with Crippen LogP contribution < -0.4 is 5.32 Å². The van der Waals surface area contributed by atoms with Crippen molar-refractivity contribution in [1.82, 2.24) is 20.1 Å². The van der Waals surface area contributed by atoms with Gasteiger partial charge in [0, 0.05) is 45.7 Å². The fourth-order valence-electron chi connectivity index (χ4n) is 3.36. The van der Waals surface area contributed by atoms with Crippen molar-refractivity contribution in [1.29, 1.82) is 0 Å². The van der Waals surface area contributed by atoms with Gasteiger partial charge in [-0.05, 0) is 29.7 Å². The van der Waals surface area contributed by atoms with Crippen LogP contribution in [0.2, 0.25) is 0 Å². The molecular formula is C21H26N4O3. The number of rotatable bonds is 5. The highest BCUT2D eigenvalue weighted by Crippen LogP contribution is 2.21. The third-order valence-corrected chi connectivity index (χ3v) is 4.84. The SMILES string of the molecule is COCC(=O)N1CCCN(C(=O)N[C@H](c2ccccc2)c2ccncc2)CC1. The molecule has 1 aliphatic heterocycles. The Morgan fingerprint density at radius 1 is 1.00 bits per heavy atom. The number of nitrogens with one attached hydrogen (secondary N) is 1. The van der Waals surface area contributed by atoms with E-state index in [2.05, 4.69) is 10.3 Å². The molecule has 1 aromatic heterocycles. The molecule has 2 heterocycles. The van der Waals surface area contributed by atoms with Crippen molar-refractivity contribution >= 4 is 11.9 Å². The molecule has 7 heteroatoms. The zero-order valence-electron chi connectivity index (χ0n) is 16.1. The van der Waals surface area contributed by atoms with Crippen LogP contribution in [0.4, 0.5) is 4.79 Å². The van der Waals surface area contributed by atoms with E-state index in [1.165, 1.54) is 7.11 Å². The topological polar surface area (TPSA) is 74.8 Å². The van der Waals surface area contributed by atoms with E-state index in [0.717, 1.165) is 17.5 Å². The first-order valence-electron chi connectivity index (χ1n) is 9.46. The number of hydrogen-bond acceptors (Lipinski definition) is 4. The van der Waals surface area contributed by atoms with E-state index in [1.807, 2.05) is 42.5 Å². The van der Waals surface area contributed by atoms with Crippen molar-refractivity contribution in [3.63, 3.8) is 0 Å². The van der Waals surface area contributed by atoms with Crippen molar-refractivity contribution in [2.45, 2.75) is 12.5 Å². The summed E-state index contributed by atoms with van der Waals surface area (Å²) in [5.74, 6) is -0.0382. The number of ether oxygens (including phenoxy) is 1. The summed E-state index contributed by atoms with van der Waals surface area (Å²) in [4.78, 5) is 32.6. The molecule has 0 saturated carbocycles. The lowest BCUT2D eigenvalue weighted by atomic mass is 10.00. The Morgan fingerprint density at radius 3 is 2.36 bits per heavy atom. The third kappa shape index (κ3) is 5.07. The average molecular weight is 382 g/mol. The Morgan fingerprint density at radius 2 is 1.64 bits per heavy atom. The minimum absolute atomic E-state index is 0.0382. The van der Waals surface area contributed by atoms with E-state index in [9.17, 15) is 9.59 Å². The summed E-state index contributed by atoms with van der Waals surface area (Å²) in [6, 6.07) is 13.3. The van der Waals surface area contributed by atoms with Crippen LogP contribution in [0.5, 0.6) is 0 Å². The van der Waals surface area contributed by atoms with Crippen molar-refractivity contribution in [3.8, 4) is 0 Å². The van der Waals surface area contributed by atoms with Gasteiger partial charge in [-0.15, -0.1) is 0 Å². The second-order valence-electron chi connectivity index (χ2n) is 6.73. The van der Waals surface area contributed by atoms with Crippen LogP contribution in [-0.4, -0.2) is 66.6 Å². The number of carbonyl (C=O) groups is 2. The number of nitrogens with zero attached hydrogens (tertiary/aromatic N) is 3. The third-order valence-electron chi connectivity index (χ3n) is 4.84. The van der Waals surface area contributed by atoms with Gasteiger partial charge in [0.05, 0.1) is 6.04 Å². The highest BCUT2D eigenvalue weighted by molar-refractivity contribution is 5.78. The molecule has 1 N–H and O–H groups in total. The van der Waals surface area contributed by atoms with E-state index in [-0.39, 0.29) is 24.6 Å². The molecule has 1 aliphatic rings. The number of benzene rings is 1. The fraction of sp³-hybridized carbons (Fsp3) is 0.381. The van der Waals surface area contributed by atoms with Gasteiger partial charge in [-0.25, -0.2) is 4.79 Å². The number of amides is 3. The molecule has 28 heavy (non-hydrogen) atoms. The van der Waals surface area contributed by atoms with Crippen molar-refractivity contribution in [3.05, 3.63) is 66.0 Å². The average Bonchev–Trinajstić information content (AvgIpc) is 3.00. The zero-order chi connectivity index (χ0) is 19.8. The minimum atomic E-state index is -0.258. The van der Waals surface area contributed by atoms with E-state index in [0.29, 0.717) is 26.2 Å². The molecule has 148 valence electrons. The number of pyridine rings is 1. The predicted octanol–water partition coefficient (Wildman–Crippen LogP) is 2.06. The molecule has 7 nitrogen and oxygen atoms in total. The molecule has 1 fully saturated rings. The molecule has 1 atom stereocenters. The number of urea groups is 1. The van der Waals surface area contributed by atoms with Gasteiger partial charge in [0.15, 0.2) is 0 Å². The molecular weight excluding hydrogens is 356 g/mol. The largest absolute Gasteiger partial charge is 0.375 e. The van der Waals surface area contributed by atoms with Gasteiger partial charge < -0.3 is 19.9 Å². The first-order valence-corrected chi connectivity index (χ1v) is 9.46. The number of methoxy groups -OCH3 is 1. The maximum Gasteiger partial charge on any atom is 0.318 e. The fourth-order valence-corrected chi connectivity index (χ4v) is 3.36. The van der Waals surface area contributed by atoms with E-state index >= 15 is 0 Å². The quantitative estimate of drug-likeness (QED) is 0.859. The van der Waals surface area contributed by atoms with Gasteiger partial charge in [-0.1, -0.05) is 30.3 Å². The monoisotopic (exact) mass is 382 g/mol. The summed E-state index contributed by atoms with van der Waals surface area (Å²) in [5.41, 5.74) is 1.98. The Balaban J connectivity index is 1.69. The van der Waals surface area contributed by atoms with E-state index in [1.54, 1.807) is 22.2 Å². The summed E-state index contributed by atoms with van der Waals surface area (Å²) in [5, 5.41) is 3.15. The zero-order valence-corrected chi connectivity index (χ0v) is 16.1. The first kappa shape index (κ1) is 19.8. The molecule has 2 aromatic rings. The smallest absolute Gasteiger partial charge is 0.318 e. The normalized spacial score (nSPS) is 15.6. The van der Waals surface area contributed by atoms with Crippen molar-refractivity contribution in [2.75, 3.05) is 39.9 Å². The van der Waals surface area contributed by atoms with Gasteiger partial charge in [-0.2, -0.15) is 0 Å². The maximum atomic E-state index is 13.0. The molecule has 1 aromatic carbocycles. The van der Waals surface area contributed by atoms with Crippen LogP contribution in [0.25, 0.3) is 0 Å². The van der Waals surface area contributed by atoms with Gasteiger partial charge in [0.25, 0.3) is 0 Å². The first-order chi connectivity index (χ1) is 13.7. The molecule has 3 amide bonds.